The van der Waals surface area contributed by atoms with Gasteiger partial charge < -0.3 is 0 Å². The second-order valence-electron chi connectivity index (χ2n) is 4.03. The van der Waals surface area contributed by atoms with Crippen molar-refractivity contribution in [2.24, 2.45) is 0 Å². The van der Waals surface area contributed by atoms with E-state index in [2.05, 4.69) is 11.9 Å². The number of benzene rings is 1. The van der Waals surface area contributed by atoms with E-state index in [1.54, 1.807) is 24.3 Å². The van der Waals surface area contributed by atoms with Gasteiger partial charge in [-0.3, -0.25) is 4.89 Å². The van der Waals surface area contributed by atoms with Crippen molar-refractivity contribution in [1.29, 1.82) is 0 Å². The minimum absolute atomic E-state index is 0.218. The van der Waals surface area contributed by atoms with E-state index in [1.807, 2.05) is 18.2 Å². The molecular weight excluding hydrogens is 242 g/mol. The summed E-state index contributed by atoms with van der Waals surface area (Å²) in [6.07, 6.45) is 3.40. The largest absolute Gasteiger partial charge is 0.404 e. The first-order valence-electron chi connectivity index (χ1n) is 6.19. The topological polar surface area (TPSA) is 48.4 Å². The Balaban J connectivity index is 2.01. The van der Waals surface area contributed by atoms with E-state index in [0.717, 1.165) is 18.4 Å². The van der Waals surface area contributed by atoms with Crippen LogP contribution in [0, 0.1) is 0 Å². The van der Waals surface area contributed by atoms with Crippen LogP contribution in [0.1, 0.15) is 29.4 Å². The molecule has 0 atom stereocenters. The fourth-order valence-electron chi connectivity index (χ4n) is 1.67. The number of hydrogen-bond donors (Lipinski definition) is 0. The van der Waals surface area contributed by atoms with E-state index in [4.69, 9.17) is 9.78 Å². The smallest absolute Gasteiger partial charge is 0.286 e. The highest BCUT2D eigenvalue weighted by Crippen LogP contribution is 2.20. The number of rotatable bonds is 5. The van der Waals surface area contributed by atoms with Crippen molar-refractivity contribution >= 4 is 5.97 Å². The van der Waals surface area contributed by atoms with Crippen LogP contribution in [0.15, 0.2) is 48.7 Å². The Morgan fingerprint density at radius 1 is 1.16 bits per heavy atom. The van der Waals surface area contributed by atoms with Crippen LogP contribution in [0.25, 0.3) is 0 Å². The summed E-state index contributed by atoms with van der Waals surface area (Å²) in [5, 5.41) is 0. The van der Waals surface area contributed by atoms with Crippen molar-refractivity contribution in [3.8, 4) is 5.75 Å². The highest BCUT2D eigenvalue weighted by molar-refractivity contribution is 5.86. The minimum Gasteiger partial charge on any atom is -0.286 e. The van der Waals surface area contributed by atoms with E-state index in [-0.39, 0.29) is 5.69 Å². The van der Waals surface area contributed by atoms with E-state index >= 15 is 0 Å². The zero-order valence-corrected chi connectivity index (χ0v) is 10.7. The van der Waals surface area contributed by atoms with Crippen LogP contribution < -0.4 is 4.89 Å². The van der Waals surface area contributed by atoms with Crippen LogP contribution in [-0.4, -0.2) is 11.0 Å². The van der Waals surface area contributed by atoms with Crippen LogP contribution in [0.5, 0.6) is 5.75 Å². The molecule has 0 unspecified atom stereocenters. The zero-order chi connectivity index (χ0) is 13.5. The molecule has 0 saturated carbocycles. The number of carbonyl (C=O) groups excluding carboxylic acids is 1. The monoisotopic (exact) mass is 257 g/mol. The molecule has 4 heteroatoms. The van der Waals surface area contributed by atoms with Gasteiger partial charge in [-0.2, -0.15) is 0 Å². The summed E-state index contributed by atoms with van der Waals surface area (Å²) in [6, 6.07) is 12.5. The molecule has 2 rings (SSSR count). The maximum absolute atomic E-state index is 11.7. The van der Waals surface area contributed by atoms with E-state index in [9.17, 15) is 4.79 Å². The summed E-state index contributed by atoms with van der Waals surface area (Å²) in [5.41, 5.74) is 1.23. The SMILES string of the molecule is CCCc1ccccc1OOC(=O)c1ccccn1. The summed E-state index contributed by atoms with van der Waals surface area (Å²) in [6.45, 7) is 2.08. The fourth-order valence-corrected chi connectivity index (χ4v) is 1.67. The number of hydrogen-bond acceptors (Lipinski definition) is 4. The Morgan fingerprint density at radius 2 is 1.95 bits per heavy atom. The van der Waals surface area contributed by atoms with Gasteiger partial charge >= 0.3 is 5.97 Å². The van der Waals surface area contributed by atoms with E-state index in [1.165, 1.54) is 6.20 Å². The standard InChI is InChI=1S/C15H15NO3/c1-2-7-12-8-3-4-10-14(12)18-19-15(17)13-9-5-6-11-16-13/h3-6,8-11H,2,7H2,1H3. The molecule has 0 spiro atoms. The second-order valence-corrected chi connectivity index (χ2v) is 4.03. The molecule has 1 heterocycles. The highest BCUT2D eigenvalue weighted by Gasteiger charge is 2.11. The van der Waals surface area contributed by atoms with Crippen LogP contribution >= 0.6 is 0 Å². The molecule has 4 nitrogen and oxygen atoms in total. The van der Waals surface area contributed by atoms with Crippen LogP contribution in [0.3, 0.4) is 0 Å². The highest BCUT2D eigenvalue weighted by atomic mass is 17.2. The van der Waals surface area contributed by atoms with Crippen molar-refractivity contribution in [3.05, 3.63) is 59.9 Å². The summed E-state index contributed by atoms with van der Waals surface area (Å²) >= 11 is 0. The predicted octanol–water partition coefficient (Wildman–Crippen LogP) is 3.18. The number of nitrogens with zero attached hydrogens (tertiary/aromatic N) is 1. The maximum Gasteiger partial charge on any atom is 0.404 e. The first kappa shape index (κ1) is 13.1. The first-order chi connectivity index (χ1) is 9.31. The maximum atomic E-state index is 11.7. The second kappa shape index (κ2) is 6.54. The van der Waals surface area contributed by atoms with E-state index < -0.39 is 5.97 Å². The third kappa shape index (κ3) is 3.55. The molecule has 0 aliphatic carbocycles. The number of aryl methyl sites for hydroxylation is 1. The lowest BCUT2D eigenvalue weighted by Gasteiger charge is -2.08. The third-order valence-corrected chi connectivity index (χ3v) is 2.57. The molecule has 0 radical (unpaired) electrons. The fraction of sp³-hybridized carbons (Fsp3) is 0.200. The van der Waals surface area contributed by atoms with Crippen LogP contribution in [0.2, 0.25) is 0 Å². The van der Waals surface area contributed by atoms with Gasteiger partial charge in [0.15, 0.2) is 11.4 Å². The molecule has 19 heavy (non-hydrogen) atoms. The lowest BCUT2D eigenvalue weighted by molar-refractivity contribution is -0.150. The Labute approximate surface area is 111 Å². The molecule has 0 bridgehead atoms. The van der Waals surface area contributed by atoms with Crippen LogP contribution in [-0.2, 0) is 11.3 Å². The normalized spacial score (nSPS) is 9.95. The minimum atomic E-state index is -0.605. The van der Waals surface area contributed by atoms with Crippen molar-refractivity contribution in [2.75, 3.05) is 0 Å². The van der Waals surface area contributed by atoms with Crippen molar-refractivity contribution in [1.82, 2.24) is 4.98 Å². The van der Waals surface area contributed by atoms with Crippen LogP contribution in [0.4, 0.5) is 0 Å². The molecule has 0 N–H and O–H groups in total. The van der Waals surface area contributed by atoms with Gasteiger partial charge in [0.1, 0.15) is 0 Å². The van der Waals surface area contributed by atoms with Gasteiger partial charge in [0.25, 0.3) is 0 Å². The van der Waals surface area contributed by atoms with Crippen molar-refractivity contribution < 1.29 is 14.6 Å². The van der Waals surface area contributed by atoms with Gasteiger partial charge in [0.2, 0.25) is 0 Å². The molecule has 2 aromatic rings. The van der Waals surface area contributed by atoms with Gasteiger partial charge in [-0.15, -0.1) is 0 Å². The Bertz CT molecular complexity index is 540. The molecule has 1 aromatic carbocycles. The molecule has 0 fully saturated rings. The molecule has 0 aliphatic heterocycles. The van der Waals surface area contributed by atoms with Crippen molar-refractivity contribution in [3.63, 3.8) is 0 Å². The summed E-state index contributed by atoms with van der Waals surface area (Å²) in [7, 11) is 0. The lowest BCUT2D eigenvalue weighted by atomic mass is 10.1. The van der Waals surface area contributed by atoms with Crippen molar-refractivity contribution in [2.45, 2.75) is 19.8 Å². The average molecular weight is 257 g/mol. The molecule has 0 aliphatic rings. The average Bonchev–Trinajstić information content (AvgIpc) is 2.47. The van der Waals surface area contributed by atoms with Gasteiger partial charge in [-0.05, 0) is 30.2 Å². The van der Waals surface area contributed by atoms with Gasteiger partial charge in [0.05, 0.1) is 0 Å². The first-order valence-corrected chi connectivity index (χ1v) is 6.19. The zero-order valence-electron chi connectivity index (χ0n) is 10.7. The molecule has 0 saturated heterocycles. The number of para-hydroxylation sites is 1. The summed E-state index contributed by atoms with van der Waals surface area (Å²) in [4.78, 5) is 25.5. The molecule has 98 valence electrons. The van der Waals surface area contributed by atoms with E-state index in [0.29, 0.717) is 5.75 Å². The number of carbonyl (C=O) groups is 1. The van der Waals surface area contributed by atoms with Gasteiger partial charge in [0, 0.05) is 6.20 Å². The Morgan fingerprint density at radius 3 is 2.68 bits per heavy atom. The number of pyridine rings is 1. The molecule has 1 aromatic heterocycles. The number of aromatic nitrogens is 1. The van der Waals surface area contributed by atoms with Gasteiger partial charge in [-0.25, -0.2) is 14.7 Å². The van der Waals surface area contributed by atoms with Gasteiger partial charge in [-0.1, -0.05) is 37.6 Å². The Kier molecular flexibility index (Phi) is 4.50. The predicted molar refractivity (Wildman–Crippen MR) is 70.7 cm³/mol. The molecule has 0 amide bonds. The molecular formula is C15H15NO3. The summed E-state index contributed by atoms with van der Waals surface area (Å²) < 4.78 is 0. The quantitative estimate of drug-likeness (QED) is 0.609. The Hall–Kier alpha value is -2.36. The lowest BCUT2D eigenvalue weighted by Crippen LogP contribution is -2.10. The summed E-state index contributed by atoms with van der Waals surface area (Å²) in [5.74, 6) is -0.0412. The third-order valence-electron chi connectivity index (χ3n) is 2.57.